The molecular formula is C114H109Cl6N13O13. The van der Waals surface area contributed by atoms with E-state index in [2.05, 4.69) is 75.1 Å². The standard InChI is InChI=1S/C30H32ClN3O4.C29H30ClN3O3.C28H26Cl2N4O3.C27H21Cl2N3O3/c1-33(2)16-4-18-37-23-8-5-20(6-9-23)29-28-25(26-19-21(31)7-14-27(26)32-28)15-17-34(29)30(35)38-24-12-10-22(36-3)11-13-24;1-32(2)16-6-18-35-22-12-9-20(10-13-22)28-27-24(25-19-21(30)11-14-26(25)31-27)15-17-33(28)29(34)36-23-7-4-3-5-8-23;1-33(2)16-25(35)31-20-8-3-17(4-9-20)27-26-22(23-15-19(30)7-12-24(23)32-26)13-14-34(27)28(36)37-21-10-5-18(29)6-11-21;1-2-24(33)30-19-8-3-16(4-9-19)26-25-21(22-15-18(29)7-12-23(22)31-25)13-14-32(26)27(34)35-20-10-5-17(28)6-11-20/h5-14,19,29,32H,4,15-18H2,1-3H3;3-5,7-14,19,28,31H,6,15-18H2,1-2H3;3-12,15,27,32H,13-14,16H2,1-2H3,(H,31,35);2-12,15,26,31H,1,13-14H2,(H,30,33). The number of anilines is 2. The number of nitrogens with zero attached hydrogens (tertiary/aromatic N) is 7. The third-order valence-corrected chi connectivity index (χ3v) is 27.1. The molecule has 0 spiro atoms. The zero-order valence-corrected chi connectivity index (χ0v) is 85.9. The van der Waals surface area contributed by atoms with Gasteiger partial charge < -0.3 is 78.4 Å². The van der Waals surface area contributed by atoms with Crippen LogP contribution in [0.5, 0.6) is 40.2 Å². The normalized spacial score (nSPS) is 15.0. The summed E-state index contributed by atoms with van der Waals surface area (Å²) >= 11 is 37.2. The molecule has 0 saturated heterocycles. The lowest BCUT2D eigenvalue weighted by Crippen LogP contribution is -2.42. The minimum atomic E-state index is -0.469. The Morgan fingerprint density at radius 2 is 0.616 bits per heavy atom. The molecule has 0 aliphatic carbocycles. The summed E-state index contributed by atoms with van der Waals surface area (Å²) in [7, 11) is 13.5. The Morgan fingerprint density at radius 1 is 0.342 bits per heavy atom. The fourth-order valence-corrected chi connectivity index (χ4v) is 19.7. The molecule has 4 aromatic heterocycles. The fraction of sp³-hybridized carbons (Fsp3) is 0.228. The molecule has 6 N–H and O–H groups in total. The van der Waals surface area contributed by atoms with Gasteiger partial charge in [0.25, 0.3) is 0 Å². The molecule has 16 aromatic rings. The zero-order chi connectivity index (χ0) is 102. The predicted octanol–water partition coefficient (Wildman–Crippen LogP) is 25.5. The Balaban J connectivity index is 0.000000133. The molecule has 750 valence electrons. The molecule has 32 heteroatoms. The number of nitrogens with one attached hydrogen (secondary N) is 6. The number of carbonyl (C=O) groups is 6. The molecule has 20 rings (SSSR count). The van der Waals surface area contributed by atoms with E-state index in [4.69, 9.17) is 103 Å². The van der Waals surface area contributed by atoms with Crippen molar-refractivity contribution in [2.75, 3.05) is 119 Å². The molecular weight excluding hydrogens is 1970 g/mol. The van der Waals surface area contributed by atoms with E-state index in [0.717, 1.165) is 137 Å². The number of ether oxygens (including phenoxy) is 7. The van der Waals surface area contributed by atoms with Gasteiger partial charge in [-0.15, -0.1) is 0 Å². The minimum absolute atomic E-state index is 0.0987. The maximum Gasteiger partial charge on any atom is 0.416 e. The highest BCUT2D eigenvalue weighted by Crippen LogP contribution is 2.47. The highest BCUT2D eigenvalue weighted by atomic mass is 35.5. The molecule has 0 saturated carbocycles. The molecule has 26 nitrogen and oxygen atoms in total. The van der Waals surface area contributed by atoms with Crippen molar-refractivity contribution in [2.24, 2.45) is 0 Å². The number of benzene rings is 12. The number of hydrogen-bond acceptors (Lipinski definition) is 16. The highest BCUT2D eigenvalue weighted by Gasteiger charge is 2.41. The number of likely N-dealkylation sites (N-methyl/N-ethyl adjacent to an activating group) is 1. The molecule has 0 radical (unpaired) electrons. The van der Waals surface area contributed by atoms with E-state index in [0.29, 0.717) is 135 Å². The number of fused-ring (bicyclic) bond motifs is 12. The van der Waals surface area contributed by atoms with Crippen LogP contribution >= 0.6 is 69.6 Å². The van der Waals surface area contributed by atoms with Gasteiger partial charge in [-0.25, -0.2) is 19.2 Å². The van der Waals surface area contributed by atoms with Gasteiger partial charge in [0.15, 0.2) is 0 Å². The van der Waals surface area contributed by atoms with Gasteiger partial charge in [-0.2, -0.15) is 0 Å². The summed E-state index contributed by atoms with van der Waals surface area (Å²) in [4.78, 5) is 105. The van der Waals surface area contributed by atoms with Crippen LogP contribution in [0.2, 0.25) is 30.1 Å². The lowest BCUT2D eigenvalue weighted by Gasteiger charge is -2.35. The lowest BCUT2D eigenvalue weighted by molar-refractivity contribution is -0.116. The van der Waals surface area contributed by atoms with Gasteiger partial charge in [0.2, 0.25) is 11.8 Å². The topological polar surface area (TPSA) is 277 Å². The summed E-state index contributed by atoms with van der Waals surface area (Å²) in [6.45, 7) is 8.98. The molecule has 8 heterocycles. The second-order valence-electron chi connectivity index (χ2n) is 36.5. The number of carbonyl (C=O) groups excluding carboxylic acids is 6. The van der Waals surface area contributed by atoms with Gasteiger partial charge in [0.05, 0.1) is 26.9 Å². The van der Waals surface area contributed by atoms with Crippen LogP contribution in [0.3, 0.4) is 0 Å². The van der Waals surface area contributed by atoms with E-state index in [9.17, 15) is 28.8 Å². The summed E-state index contributed by atoms with van der Waals surface area (Å²) in [5, 5.41) is 13.7. The third kappa shape index (κ3) is 24.9. The van der Waals surface area contributed by atoms with Crippen molar-refractivity contribution < 1.29 is 61.9 Å². The Bertz CT molecular complexity index is 7350. The average Bonchev–Trinajstić information content (AvgIpc) is 1.60. The molecule has 12 aromatic carbocycles. The van der Waals surface area contributed by atoms with Crippen molar-refractivity contribution in [3.8, 4) is 40.2 Å². The van der Waals surface area contributed by atoms with Crippen LogP contribution in [0.25, 0.3) is 43.6 Å². The molecule has 4 unspecified atom stereocenters. The number of halogens is 6. The second kappa shape index (κ2) is 47.2. The molecule has 0 bridgehead atoms. The number of methoxy groups -OCH3 is 1. The smallest absolute Gasteiger partial charge is 0.416 e. The SMILES string of the molecule is C=CC(=O)Nc1ccc(C2c3[nH]c4ccc(Cl)cc4c3CCN2C(=O)Oc2ccc(Cl)cc2)cc1.CN(C)CC(=O)Nc1ccc(C2c3[nH]c4ccc(Cl)cc4c3CCN2C(=O)Oc2ccc(Cl)cc2)cc1.CN(C)CCCOc1ccc(C2c3[nH]c4ccc(Cl)cc4c3CCN2C(=O)Oc2ccccc2)cc1.COc1ccc(OC(=O)N2CCc3c([nH]c4ccc(Cl)cc34)C2c2ccc(OCCCN(C)C)cc2)cc1. The fourth-order valence-electron chi connectivity index (χ4n) is 18.8. The van der Waals surface area contributed by atoms with Gasteiger partial charge in [-0.05, 0) is 338 Å². The number of hydrogen-bond donors (Lipinski definition) is 6. The van der Waals surface area contributed by atoms with Crippen LogP contribution in [0.4, 0.5) is 30.6 Å². The Labute approximate surface area is 875 Å². The molecule has 146 heavy (non-hydrogen) atoms. The summed E-state index contributed by atoms with van der Waals surface area (Å²) < 4.78 is 40.0. The van der Waals surface area contributed by atoms with Crippen molar-refractivity contribution in [3.63, 3.8) is 0 Å². The summed E-state index contributed by atoms with van der Waals surface area (Å²) in [5.41, 5.74) is 17.3. The van der Waals surface area contributed by atoms with E-state index in [-0.39, 0.29) is 36.5 Å². The van der Waals surface area contributed by atoms with Crippen molar-refractivity contribution in [1.82, 2.24) is 54.2 Å². The van der Waals surface area contributed by atoms with Crippen molar-refractivity contribution >= 4 is 161 Å². The van der Waals surface area contributed by atoms with Crippen LogP contribution in [-0.4, -0.2) is 199 Å². The largest absolute Gasteiger partial charge is 0.497 e. The minimum Gasteiger partial charge on any atom is -0.497 e. The van der Waals surface area contributed by atoms with Crippen molar-refractivity contribution in [2.45, 2.75) is 62.7 Å². The highest BCUT2D eigenvalue weighted by molar-refractivity contribution is 6.33. The summed E-state index contributed by atoms with van der Waals surface area (Å²) in [6.07, 6.45) is 4.10. The quantitative estimate of drug-likeness (QED) is 0.0242. The Morgan fingerprint density at radius 3 is 0.911 bits per heavy atom. The van der Waals surface area contributed by atoms with E-state index < -0.39 is 30.4 Å². The monoisotopic (exact) mass is 2080 g/mol. The van der Waals surface area contributed by atoms with Gasteiger partial charge in [-0.3, -0.25) is 29.2 Å². The number of H-pyrrole nitrogens is 4. The molecule has 0 fully saturated rings. The van der Waals surface area contributed by atoms with Crippen LogP contribution in [0.15, 0.2) is 286 Å². The van der Waals surface area contributed by atoms with Crippen LogP contribution in [0.1, 0.15) is 104 Å². The van der Waals surface area contributed by atoms with Gasteiger partial charge in [0, 0.05) is 147 Å². The first kappa shape index (κ1) is 103. The van der Waals surface area contributed by atoms with E-state index in [1.807, 2.05) is 190 Å². The second-order valence-corrected chi connectivity index (χ2v) is 39.1. The number of para-hydroxylation sites is 1. The first-order chi connectivity index (χ1) is 70.6. The summed E-state index contributed by atoms with van der Waals surface area (Å²) in [6, 6.07) is 82.1. The van der Waals surface area contributed by atoms with Crippen LogP contribution in [0, 0.1) is 0 Å². The average molecular weight is 2080 g/mol. The first-order valence-electron chi connectivity index (χ1n) is 47.8. The Hall–Kier alpha value is -14.4. The van der Waals surface area contributed by atoms with Gasteiger partial charge >= 0.3 is 24.4 Å². The van der Waals surface area contributed by atoms with Crippen molar-refractivity contribution in [1.29, 1.82) is 0 Å². The maximum absolute atomic E-state index is 13.5. The zero-order valence-electron chi connectivity index (χ0n) is 81.4. The maximum atomic E-state index is 13.5. The van der Waals surface area contributed by atoms with Gasteiger partial charge in [-0.1, -0.05) is 143 Å². The number of aromatic amines is 4. The number of amides is 6. The van der Waals surface area contributed by atoms with E-state index >= 15 is 0 Å². The molecule has 4 aliphatic rings. The van der Waals surface area contributed by atoms with Crippen molar-refractivity contribution in [3.05, 3.63) is 383 Å². The molecule has 4 atom stereocenters. The first-order valence-corrected chi connectivity index (χ1v) is 50.1. The van der Waals surface area contributed by atoms with E-state index in [1.165, 1.54) is 17.2 Å². The molecule has 6 amide bonds. The van der Waals surface area contributed by atoms with E-state index in [1.54, 1.807) is 129 Å². The molecule has 4 aliphatic heterocycles. The van der Waals surface area contributed by atoms with Gasteiger partial charge in [0.1, 0.15) is 64.4 Å². The van der Waals surface area contributed by atoms with Crippen LogP contribution in [-0.2, 0) is 35.3 Å². The lowest BCUT2D eigenvalue weighted by atomic mass is 9.92. The number of rotatable bonds is 24. The number of aromatic nitrogens is 4. The predicted molar refractivity (Wildman–Crippen MR) is 578 cm³/mol. The third-order valence-electron chi connectivity index (χ3n) is 25.6. The Kier molecular flexibility index (Phi) is 33.3. The summed E-state index contributed by atoms with van der Waals surface area (Å²) in [5.74, 6) is 3.75. The van der Waals surface area contributed by atoms with Crippen LogP contribution < -0.4 is 43.8 Å².